The zero-order valence-electron chi connectivity index (χ0n) is 11.3. The van der Waals surface area contributed by atoms with Crippen molar-refractivity contribution < 1.29 is 4.79 Å². The van der Waals surface area contributed by atoms with Gasteiger partial charge in [0, 0.05) is 25.8 Å². The highest BCUT2D eigenvalue weighted by Crippen LogP contribution is 2.07. The molecule has 18 heavy (non-hydrogen) atoms. The molecule has 0 saturated heterocycles. The molecule has 0 aliphatic heterocycles. The third-order valence-corrected chi connectivity index (χ3v) is 2.84. The van der Waals surface area contributed by atoms with Gasteiger partial charge < -0.3 is 16.0 Å². The summed E-state index contributed by atoms with van der Waals surface area (Å²) in [5, 5.41) is 2.89. The molecule has 0 spiro atoms. The number of urea groups is 1. The highest BCUT2D eigenvalue weighted by atomic mass is 16.2. The van der Waals surface area contributed by atoms with Gasteiger partial charge >= 0.3 is 6.03 Å². The number of anilines is 1. The van der Waals surface area contributed by atoms with E-state index in [0.717, 1.165) is 37.1 Å². The largest absolute Gasteiger partial charge is 0.399 e. The van der Waals surface area contributed by atoms with E-state index in [2.05, 4.69) is 12.2 Å². The predicted octanol–water partition coefficient (Wildman–Crippen LogP) is 2.25. The molecule has 0 atom stereocenters. The standard InChI is InChI=1S/C14H23N3O/c1-3-4-9-16-14(18)17(2)10-8-12-6-5-7-13(15)11-12/h5-7,11H,3-4,8-10,15H2,1-2H3,(H,16,18). The number of rotatable bonds is 6. The number of amides is 2. The SMILES string of the molecule is CCCCNC(=O)N(C)CCc1cccc(N)c1. The Morgan fingerprint density at radius 2 is 2.22 bits per heavy atom. The van der Waals surface area contributed by atoms with Crippen LogP contribution in [0.4, 0.5) is 10.5 Å². The van der Waals surface area contributed by atoms with Gasteiger partial charge in [0.25, 0.3) is 0 Å². The zero-order chi connectivity index (χ0) is 13.4. The van der Waals surface area contributed by atoms with Crippen molar-refractivity contribution in [1.82, 2.24) is 10.2 Å². The van der Waals surface area contributed by atoms with Gasteiger partial charge in [-0.05, 0) is 30.5 Å². The molecular weight excluding hydrogens is 226 g/mol. The van der Waals surface area contributed by atoms with Crippen LogP contribution in [-0.4, -0.2) is 31.1 Å². The summed E-state index contributed by atoms with van der Waals surface area (Å²) in [6.45, 7) is 3.55. The molecule has 0 saturated carbocycles. The summed E-state index contributed by atoms with van der Waals surface area (Å²) in [5.41, 5.74) is 7.63. The average Bonchev–Trinajstić information content (AvgIpc) is 2.36. The van der Waals surface area contributed by atoms with Gasteiger partial charge in [0.15, 0.2) is 0 Å². The lowest BCUT2D eigenvalue weighted by atomic mass is 10.1. The van der Waals surface area contributed by atoms with Crippen molar-refractivity contribution in [3.05, 3.63) is 29.8 Å². The third-order valence-electron chi connectivity index (χ3n) is 2.84. The van der Waals surface area contributed by atoms with E-state index in [9.17, 15) is 4.79 Å². The fraction of sp³-hybridized carbons (Fsp3) is 0.500. The highest BCUT2D eigenvalue weighted by molar-refractivity contribution is 5.73. The number of carbonyl (C=O) groups excluding carboxylic acids is 1. The molecule has 2 amide bonds. The number of carbonyl (C=O) groups is 1. The number of nitrogens with one attached hydrogen (secondary N) is 1. The monoisotopic (exact) mass is 249 g/mol. The van der Waals surface area contributed by atoms with Gasteiger partial charge in [-0.1, -0.05) is 25.5 Å². The lowest BCUT2D eigenvalue weighted by Gasteiger charge is -2.18. The van der Waals surface area contributed by atoms with Crippen molar-refractivity contribution >= 4 is 11.7 Å². The van der Waals surface area contributed by atoms with Crippen LogP contribution in [0.25, 0.3) is 0 Å². The second-order valence-corrected chi connectivity index (χ2v) is 4.50. The molecule has 100 valence electrons. The molecule has 0 heterocycles. The topological polar surface area (TPSA) is 58.4 Å². The summed E-state index contributed by atoms with van der Waals surface area (Å²) in [7, 11) is 1.81. The molecule has 0 bridgehead atoms. The Balaban J connectivity index is 2.32. The molecule has 0 fully saturated rings. The number of nitrogens with two attached hydrogens (primary N) is 1. The molecule has 0 aliphatic carbocycles. The maximum absolute atomic E-state index is 11.7. The van der Waals surface area contributed by atoms with Crippen molar-refractivity contribution in [3.8, 4) is 0 Å². The van der Waals surface area contributed by atoms with Crippen LogP contribution in [0.3, 0.4) is 0 Å². The molecule has 0 radical (unpaired) electrons. The molecule has 1 aromatic rings. The van der Waals surface area contributed by atoms with E-state index in [1.807, 2.05) is 31.3 Å². The molecular formula is C14H23N3O. The minimum atomic E-state index is -0.00708. The first-order chi connectivity index (χ1) is 8.63. The second kappa shape index (κ2) is 7.58. The summed E-state index contributed by atoms with van der Waals surface area (Å²) in [6, 6.07) is 7.77. The van der Waals surface area contributed by atoms with Crippen LogP contribution in [0.1, 0.15) is 25.3 Å². The first-order valence-corrected chi connectivity index (χ1v) is 6.47. The Bertz CT molecular complexity index is 379. The number of benzene rings is 1. The minimum absolute atomic E-state index is 0.00708. The zero-order valence-corrected chi connectivity index (χ0v) is 11.3. The van der Waals surface area contributed by atoms with Crippen molar-refractivity contribution in [2.24, 2.45) is 0 Å². The van der Waals surface area contributed by atoms with Gasteiger partial charge in [0.2, 0.25) is 0 Å². The lowest BCUT2D eigenvalue weighted by Crippen LogP contribution is -2.38. The molecule has 4 nitrogen and oxygen atoms in total. The highest BCUT2D eigenvalue weighted by Gasteiger charge is 2.07. The molecule has 3 N–H and O–H groups in total. The molecule has 0 unspecified atom stereocenters. The number of nitrogens with zero attached hydrogens (tertiary/aromatic N) is 1. The van der Waals surface area contributed by atoms with Gasteiger partial charge in [0.1, 0.15) is 0 Å². The molecule has 4 heteroatoms. The lowest BCUT2D eigenvalue weighted by molar-refractivity contribution is 0.209. The number of unbranched alkanes of at least 4 members (excludes halogenated alkanes) is 1. The smallest absolute Gasteiger partial charge is 0.317 e. The Hall–Kier alpha value is -1.71. The molecule has 0 aromatic heterocycles. The Morgan fingerprint density at radius 1 is 1.44 bits per heavy atom. The average molecular weight is 249 g/mol. The van der Waals surface area contributed by atoms with E-state index >= 15 is 0 Å². The maximum Gasteiger partial charge on any atom is 0.317 e. The third kappa shape index (κ3) is 5.08. The van der Waals surface area contributed by atoms with Gasteiger partial charge in [-0.15, -0.1) is 0 Å². The fourth-order valence-electron chi connectivity index (χ4n) is 1.65. The van der Waals surface area contributed by atoms with E-state index < -0.39 is 0 Å². The van der Waals surface area contributed by atoms with Crippen molar-refractivity contribution in [2.75, 3.05) is 25.9 Å². The Kier molecular flexibility index (Phi) is 6.05. The van der Waals surface area contributed by atoms with E-state index in [1.165, 1.54) is 0 Å². The van der Waals surface area contributed by atoms with Crippen molar-refractivity contribution in [2.45, 2.75) is 26.2 Å². The van der Waals surface area contributed by atoms with Crippen LogP contribution >= 0.6 is 0 Å². The Morgan fingerprint density at radius 3 is 2.89 bits per heavy atom. The van der Waals surface area contributed by atoms with Crippen LogP contribution in [-0.2, 0) is 6.42 Å². The van der Waals surface area contributed by atoms with Crippen LogP contribution in [0.5, 0.6) is 0 Å². The van der Waals surface area contributed by atoms with Crippen LogP contribution in [0.15, 0.2) is 24.3 Å². The van der Waals surface area contributed by atoms with E-state index in [1.54, 1.807) is 4.90 Å². The summed E-state index contributed by atoms with van der Waals surface area (Å²) in [6.07, 6.45) is 2.94. The normalized spacial score (nSPS) is 10.1. The second-order valence-electron chi connectivity index (χ2n) is 4.50. The maximum atomic E-state index is 11.7. The first-order valence-electron chi connectivity index (χ1n) is 6.47. The van der Waals surface area contributed by atoms with E-state index in [0.29, 0.717) is 6.54 Å². The van der Waals surface area contributed by atoms with Crippen molar-refractivity contribution in [1.29, 1.82) is 0 Å². The minimum Gasteiger partial charge on any atom is -0.399 e. The first kappa shape index (κ1) is 14.4. The van der Waals surface area contributed by atoms with Crippen LogP contribution in [0.2, 0.25) is 0 Å². The predicted molar refractivity (Wildman–Crippen MR) is 75.5 cm³/mol. The van der Waals surface area contributed by atoms with Gasteiger partial charge in [-0.3, -0.25) is 0 Å². The quantitative estimate of drug-likeness (QED) is 0.600. The number of likely N-dealkylation sites (N-methyl/N-ethyl adjacent to an activating group) is 1. The molecule has 1 aromatic carbocycles. The van der Waals surface area contributed by atoms with Crippen molar-refractivity contribution in [3.63, 3.8) is 0 Å². The fourth-order valence-corrected chi connectivity index (χ4v) is 1.65. The van der Waals surface area contributed by atoms with Gasteiger partial charge in [-0.2, -0.15) is 0 Å². The molecule has 0 aliphatic rings. The number of hydrogen-bond acceptors (Lipinski definition) is 2. The number of nitrogen functional groups attached to an aromatic ring is 1. The number of hydrogen-bond donors (Lipinski definition) is 2. The van der Waals surface area contributed by atoms with Crippen LogP contribution in [0, 0.1) is 0 Å². The summed E-state index contributed by atoms with van der Waals surface area (Å²) >= 11 is 0. The van der Waals surface area contributed by atoms with E-state index in [4.69, 9.17) is 5.73 Å². The van der Waals surface area contributed by atoms with Gasteiger partial charge in [-0.25, -0.2) is 4.79 Å². The summed E-state index contributed by atoms with van der Waals surface area (Å²) < 4.78 is 0. The Labute approximate surface area is 109 Å². The van der Waals surface area contributed by atoms with E-state index in [-0.39, 0.29) is 6.03 Å². The summed E-state index contributed by atoms with van der Waals surface area (Å²) in [5.74, 6) is 0. The van der Waals surface area contributed by atoms with Gasteiger partial charge in [0.05, 0.1) is 0 Å². The van der Waals surface area contributed by atoms with Crippen LogP contribution < -0.4 is 11.1 Å². The summed E-state index contributed by atoms with van der Waals surface area (Å²) in [4.78, 5) is 13.4. The molecule has 1 rings (SSSR count).